The molecule has 0 aliphatic carbocycles. The van der Waals surface area contributed by atoms with Gasteiger partial charge in [0.05, 0.1) is 12.7 Å². The molecule has 0 rings (SSSR count). The number of methoxy groups -OCH3 is 1. The summed E-state index contributed by atoms with van der Waals surface area (Å²) in [6, 6.07) is 0. The Labute approximate surface area is 66.5 Å². The quantitative estimate of drug-likeness (QED) is 0.572. The maximum absolute atomic E-state index is 10.8. The normalized spacial score (nSPS) is 12.6. The van der Waals surface area contributed by atoms with Crippen molar-refractivity contribution in [3.8, 4) is 0 Å². The van der Waals surface area contributed by atoms with Gasteiger partial charge in [0.1, 0.15) is 0 Å². The Morgan fingerprint density at radius 2 is 2.36 bits per heavy atom. The molecular formula is C7H15NO3. The highest BCUT2D eigenvalue weighted by atomic mass is 16.5. The standard InChI is InChI=1S/C7H15NO3/c1-6(9)5-8-7(10)3-4-11-2/h6,9H,3-5H2,1-2H3,(H,8,10)/t6-/m1/s1. The van der Waals surface area contributed by atoms with Gasteiger partial charge in [-0.25, -0.2) is 0 Å². The molecule has 0 unspecified atom stereocenters. The number of hydrogen-bond donors (Lipinski definition) is 2. The van der Waals surface area contributed by atoms with Crippen LogP contribution in [0.15, 0.2) is 0 Å². The third-order valence-electron chi connectivity index (χ3n) is 1.13. The molecule has 0 bridgehead atoms. The van der Waals surface area contributed by atoms with Crippen LogP contribution in [-0.4, -0.2) is 37.4 Å². The number of carbonyl (C=O) groups excluding carboxylic acids is 1. The Morgan fingerprint density at radius 1 is 1.73 bits per heavy atom. The summed E-state index contributed by atoms with van der Waals surface area (Å²) in [6.07, 6.45) is -0.134. The topological polar surface area (TPSA) is 58.6 Å². The van der Waals surface area contributed by atoms with Crippen LogP contribution >= 0.6 is 0 Å². The summed E-state index contributed by atoms with van der Waals surface area (Å²) < 4.78 is 4.70. The molecule has 0 saturated carbocycles. The number of ether oxygens (including phenoxy) is 1. The molecule has 4 nitrogen and oxygen atoms in total. The van der Waals surface area contributed by atoms with Crippen molar-refractivity contribution in [1.82, 2.24) is 5.32 Å². The van der Waals surface area contributed by atoms with Gasteiger partial charge in [-0.3, -0.25) is 4.79 Å². The summed E-state index contributed by atoms with van der Waals surface area (Å²) in [7, 11) is 1.54. The Balaban J connectivity index is 3.23. The first-order chi connectivity index (χ1) is 5.16. The SMILES string of the molecule is COCCC(=O)NC[C@@H](C)O. The lowest BCUT2D eigenvalue weighted by Gasteiger charge is -2.05. The van der Waals surface area contributed by atoms with Crippen molar-refractivity contribution in [3.05, 3.63) is 0 Å². The number of hydrogen-bond acceptors (Lipinski definition) is 3. The van der Waals surface area contributed by atoms with Crippen LogP contribution in [-0.2, 0) is 9.53 Å². The van der Waals surface area contributed by atoms with E-state index in [1.54, 1.807) is 14.0 Å². The van der Waals surface area contributed by atoms with E-state index in [4.69, 9.17) is 9.84 Å². The smallest absolute Gasteiger partial charge is 0.222 e. The molecule has 0 aliphatic heterocycles. The highest BCUT2D eigenvalue weighted by Crippen LogP contribution is 1.81. The Hall–Kier alpha value is -0.610. The Morgan fingerprint density at radius 3 is 2.82 bits per heavy atom. The van der Waals surface area contributed by atoms with Crippen LogP contribution < -0.4 is 5.32 Å². The minimum absolute atomic E-state index is 0.0900. The molecule has 0 radical (unpaired) electrons. The molecule has 0 aromatic rings. The number of aliphatic hydroxyl groups is 1. The molecule has 0 heterocycles. The second kappa shape index (κ2) is 6.12. The first-order valence-corrected chi connectivity index (χ1v) is 3.60. The highest BCUT2D eigenvalue weighted by Gasteiger charge is 2.01. The third kappa shape index (κ3) is 7.29. The molecule has 0 aromatic carbocycles. The number of aliphatic hydroxyl groups excluding tert-OH is 1. The molecule has 1 amide bonds. The van der Waals surface area contributed by atoms with Crippen molar-refractivity contribution in [3.63, 3.8) is 0 Å². The summed E-state index contributed by atoms with van der Waals surface area (Å²) in [5.74, 6) is -0.0900. The molecule has 0 fully saturated rings. The molecular weight excluding hydrogens is 146 g/mol. The number of carbonyl (C=O) groups is 1. The van der Waals surface area contributed by atoms with Crippen LogP contribution in [0.2, 0.25) is 0 Å². The first kappa shape index (κ1) is 10.4. The van der Waals surface area contributed by atoms with Crippen LogP contribution in [0.5, 0.6) is 0 Å². The van der Waals surface area contributed by atoms with Crippen LogP contribution in [0.25, 0.3) is 0 Å². The fourth-order valence-corrected chi connectivity index (χ4v) is 0.545. The van der Waals surface area contributed by atoms with Crippen molar-refractivity contribution in [2.45, 2.75) is 19.4 Å². The summed E-state index contributed by atoms with van der Waals surface area (Å²) in [6.45, 7) is 2.35. The van der Waals surface area contributed by atoms with E-state index in [1.165, 1.54) is 0 Å². The van der Waals surface area contributed by atoms with E-state index in [-0.39, 0.29) is 5.91 Å². The van der Waals surface area contributed by atoms with Crippen molar-refractivity contribution < 1.29 is 14.6 Å². The van der Waals surface area contributed by atoms with Crippen molar-refractivity contribution in [1.29, 1.82) is 0 Å². The van der Waals surface area contributed by atoms with Gasteiger partial charge in [0.25, 0.3) is 0 Å². The largest absolute Gasteiger partial charge is 0.392 e. The molecule has 0 aliphatic rings. The van der Waals surface area contributed by atoms with Gasteiger partial charge >= 0.3 is 0 Å². The zero-order valence-corrected chi connectivity index (χ0v) is 6.96. The van der Waals surface area contributed by atoms with Crippen LogP contribution in [0, 0.1) is 0 Å². The van der Waals surface area contributed by atoms with Gasteiger partial charge in [0.2, 0.25) is 5.91 Å². The highest BCUT2D eigenvalue weighted by molar-refractivity contribution is 5.75. The predicted molar refractivity (Wildman–Crippen MR) is 41.2 cm³/mol. The lowest BCUT2D eigenvalue weighted by atomic mass is 10.3. The van der Waals surface area contributed by atoms with E-state index in [0.717, 1.165) is 0 Å². The summed E-state index contributed by atoms with van der Waals surface area (Å²) in [5.41, 5.74) is 0. The molecule has 11 heavy (non-hydrogen) atoms. The van der Waals surface area contributed by atoms with E-state index < -0.39 is 6.10 Å². The minimum atomic E-state index is -0.485. The molecule has 0 spiro atoms. The van der Waals surface area contributed by atoms with Crippen LogP contribution in [0.1, 0.15) is 13.3 Å². The first-order valence-electron chi connectivity index (χ1n) is 3.60. The zero-order chi connectivity index (χ0) is 8.69. The van der Waals surface area contributed by atoms with Gasteiger partial charge < -0.3 is 15.2 Å². The van der Waals surface area contributed by atoms with Gasteiger partial charge in [0, 0.05) is 20.1 Å². The third-order valence-corrected chi connectivity index (χ3v) is 1.13. The van der Waals surface area contributed by atoms with E-state index in [0.29, 0.717) is 19.6 Å². The molecule has 4 heteroatoms. The number of rotatable bonds is 5. The summed E-state index contributed by atoms with van der Waals surface area (Å²) >= 11 is 0. The lowest BCUT2D eigenvalue weighted by molar-refractivity contribution is -0.122. The Kier molecular flexibility index (Phi) is 5.78. The van der Waals surface area contributed by atoms with Gasteiger partial charge in [0.15, 0.2) is 0 Å². The molecule has 0 saturated heterocycles. The average molecular weight is 161 g/mol. The van der Waals surface area contributed by atoms with E-state index in [2.05, 4.69) is 5.32 Å². The van der Waals surface area contributed by atoms with Crippen LogP contribution in [0.4, 0.5) is 0 Å². The van der Waals surface area contributed by atoms with Gasteiger partial charge in [-0.2, -0.15) is 0 Å². The lowest BCUT2D eigenvalue weighted by Crippen LogP contribution is -2.30. The summed E-state index contributed by atoms with van der Waals surface area (Å²) in [5, 5.41) is 11.3. The summed E-state index contributed by atoms with van der Waals surface area (Å²) in [4.78, 5) is 10.8. The van der Waals surface area contributed by atoms with E-state index in [9.17, 15) is 4.79 Å². The van der Waals surface area contributed by atoms with Crippen molar-refractivity contribution in [2.75, 3.05) is 20.3 Å². The molecule has 66 valence electrons. The maximum atomic E-state index is 10.8. The average Bonchev–Trinajstić information content (AvgIpc) is 1.97. The van der Waals surface area contributed by atoms with Crippen molar-refractivity contribution in [2.24, 2.45) is 0 Å². The zero-order valence-electron chi connectivity index (χ0n) is 6.96. The van der Waals surface area contributed by atoms with Gasteiger partial charge in [-0.1, -0.05) is 0 Å². The second-order valence-electron chi connectivity index (χ2n) is 2.40. The van der Waals surface area contributed by atoms with Crippen LogP contribution in [0.3, 0.4) is 0 Å². The minimum Gasteiger partial charge on any atom is -0.392 e. The second-order valence-corrected chi connectivity index (χ2v) is 2.40. The number of amides is 1. The molecule has 0 aromatic heterocycles. The predicted octanol–water partition coefficient (Wildman–Crippen LogP) is -0.480. The van der Waals surface area contributed by atoms with E-state index in [1.807, 2.05) is 0 Å². The van der Waals surface area contributed by atoms with Gasteiger partial charge in [-0.15, -0.1) is 0 Å². The maximum Gasteiger partial charge on any atom is 0.222 e. The fourth-order valence-electron chi connectivity index (χ4n) is 0.545. The Bertz CT molecular complexity index is 114. The number of nitrogens with one attached hydrogen (secondary N) is 1. The van der Waals surface area contributed by atoms with Gasteiger partial charge in [-0.05, 0) is 6.92 Å². The van der Waals surface area contributed by atoms with E-state index >= 15 is 0 Å². The monoisotopic (exact) mass is 161 g/mol. The fraction of sp³-hybridized carbons (Fsp3) is 0.857. The molecule has 2 N–H and O–H groups in total. The molecule has 1 atom stereocenters. The van der Waals surface area contributed by atoms with Crippen molar-refractivity contribution >= 4 is 5.91 Å².